The number of ether oxygens (including phenoxy) is 2. The van der Waals surface area contributed by atoms with Crippen LogP contribution in [0.15, 0.2) is 72.8 Å². The number of benzene rings is 3. The minimum atomic E-state index is -0.393. The Labute approximate surface area is 175 Å². The topological polar surface area (TPSA) is 74.6 Å². The summed E-state index contributed by atoms with van der Waals surface area (Å²) in [6.07, 6.45) is -0.393. The molecule has 0 saturated carbocycles. The molecule has 0 fully saturated rings. The summed E-state index contributed by atoms with van der Waals surface area (Å²) in [6, 6.07) is 24.3. The van der Waals surface area contributed by atoms with Crippen LogP contribution in [0.2, 0.25) is 0 Å². The third-order valence-electron chi connectivity index (χ3n) is 4.85. The molecule has 1 heterocycles. The average Bonchev–Trinajstić information content (AvgIpc) is 2.79. The van der Waals surface area contributed by atoms with E-state index in [0.717, 1.165) is 22.7 Å². The van der Waals surface area contributed by atoms with E-state index in [2.05, 4.69) is 5.32 Å². The normalized spacial score (nSPS) is 15.0. The minimum absolute atomic E-state index is 0.00874. The van der Waals surface area contributed by atoms with E-state index < -0.39 is 6.17 Å². The smallest absolute Gasteiger partial charge is 0.262 e. The highest BCUT2D eigenvalue weighted by molar-refractivity contribution is 6.12. The van der Waals surface area contributed by atoms with Crippen molar-refractivity contribution in [3.63, 3.8) is 0 Å². The van der Waals surface area contributed by atoms with Gasteiger partial charge in [0.25, 0.3) is 5.91 Å². The number of nitriles is 1. The van der Waals surface area contributed by atoms with Crippen molar-refractivity contribution >= 4 is 17.3 Å². The van der Waals surface area contributed by atoms with Crippen molar-refractivity contribution in [3.05, 3.63) is 83.9 Å². The number of anilines is 2. The van der Waals surface area contributed by atoms with Gasteiger partial charge in [0, 0.05) is 11.4 Å². The molecule has 1 atom stereocenters. The number of hydrogen-bond acceptors (Lipinski definition) is 5. The van der Waals surface area contributed by atoms with Crippen LogP contribution in [0, 0.1) is 11.3 Å². The number of carbonyl (C=O) groups is 1. The van der Waals surface area contributed by atoms with Crippen molar-refractivity contribution in [2.24, 2.45) is 0 Å². The molecule has 6 heteroatoms. The Hall–Kier alpha value is -3.98. The van der Waals surface area contributed by atoms with Crippen LogP contribution in [0.3, 0.4) is 0 Å². The predicted octanol–water partition coefficient (Wildman–Crippen LogP) is 4.76. The lowest BCUT2D eigenvalue weighted by Crippen LogP contribution is -2.43. The highest BCUT2D eigenvalue weighted by Gasteiger charge is 2.34. The number of rotatable bonds is 6. The monoisotopic (exact) mass is 399 g/mol. The van der Waals surface area contributed by atoms with Gasteiger partial charge in [-0.3, -0.25) is 9.69 Å². The zero-order valence-corrected chi connectivity index (χ0v) is 16.5. The van der Waals surface area contributed by atoms with E-state index in [9.17, 15) is 4.79 Å². The highest BCUT2D eigenvalue weighted by Crippen LogP contribution is 2.37. The summed E-state index contributed by atoms with van der Waals surface area (Å²) in [5, 5.41) is 12.2. The van der Waals surface area contributed by atoms with Crippen LogP contribution in [0.25, 0.3) is 0 Å². The van der Waals surface area contributed by atoms with Gasteiger partial charge < -0.3 is 14.8 Å². The van der Waals surface area contributed by atoms with Gasteiger partial charge in [0.05, 0.1) is 12.2 Å². The Morgan fingerprint density at radius 2 is 1.63 bits per heavy atom. The first-order valence-corrected chi connectivity index (χ1v) is 9.73. The van der Waals surface area contributed by atoms with Gasteiger partial charge in [-0.05, 0) is 61.0 Å². The fourth-order valence-electron chi connectivity index (χ4n) is 3.48. The first-order valence-electron chi connectivity index (χ1n) is 9.73. The van der Waals surface area contributed by atoms with Gasteiger partial charge >= 0.3 is 0 Å². The summed E-state index contributed by atoms with van der Waals surface area (Å²) in [4.78, 5) is 15.2. The van der Waals surface area contributed by atoms with Crippen molar-refractivity contribution in [2.75, 3.05) is 23.4 Å². The van der Waals surface area contributed by atoms with Gasteiger partial charge in [-0.2, -0.15) is 5.26 Å². The molecule has 6 nitrogen and oxygen atoms in total. The lowest BCUT2D eigenvalue weighted by molar-refractivity contribution is 0.0975. The summed E-state index contributed by atoms with van der Waals surface area (Å²) in [5.41, 5.74) is 3.08. The Bertz CT molecular complexity index is 1070. The fraction of sp³-hybridized carbons (Fsp3) is 0.167. The average molecular weight is 399 g/mol. The molecular weight excluding hydrogens is 378 g/mol. The molecule has 0 radical (unpaired) electrons. The van der Waals surface area contributed by atoms with Crippen molar-refractivity contribution in [3.8, 4) is 17.6 Å². The van der Waals surface area contributed by atoms with Gasteiger partial charge in [-0.15, -0.1) is 0 Å². The van der Waals surface area contributed by atoms with Crippen LogP contribution in [0.1, 0.15) is 29.0 Å². The van der Waals surface area contributed by atoms with Gasteiger partial charge in [0.2, 0.25) is 0 Å². The molecule has 1 N–H and O–H groups in total. The number of nitrogens with one attached hydrogen (secondary N) is 1. The van der Waals surface area contributed by atoms with Crippen LogP contribution < -0.4 is 19.7 Å². The molecule has 0 aliphatic carbocycles. The summed E-state index contributed by atoms with van der Waals surface area (Å²) in [5.74, 6) is 1.29. The van der Waals surface area contributed by atoms with Crippen LogP contribution in [-0.2, 0) is 0 Å². The van der Waals surface area contributed by atoms with Gasteiger partial charge in [-0.25, -0.2) is 0 Å². The predicted molar refractivity (Wildman–Crippen MR) is 115 cm³/mol. The SMILES string of the molecule is CCOc1ccc(N2C(=O)c3ccccc3N[C@H]2c2ccc(OCC#N)cc2)cc1. The molecule has 0 bridgehead atoms. The highest BCUT2D eigenvalue weighted by atomic mass is 16.5. The molecule has 3 aromatic rings. The molecule has 1 amide bonds. The largest absolute Gasteiger partial charge is 0.494 e. The minimum Gasteiger partial charge on any atom is -0.494 e. The van der Waals surface area contributed by atoms with Crippen molar-refractivity contribution < 1.29 is 14.3 Å². The number of amides is 1. The van der Waals surface area contributed by atoms with E-state index in [1.165, 1.54) is 0 Å². The molecule has 30 heavy (non-hydrogen) atoms. The molecule has 0 unspecified atom stereocenters. The quantitative estimate of drug-likeness (QED) is 0.647. The van der Waals surface area contributed by atoms with Crippen LogP contribution in [0.5, 0.6) is 11.5 Å². The molecule has 0 aromatic heterocycles. The first kappa shape index (κ1) is 19.3. The van der Waals surface area contributed by atoms with E-state index in [-0.39, 0.29) is 12.5 Å². The second kappa shape index (κ2) is 8.58. The summed E-state index contributed by atoms with van der Waals surface area (Å²) in [7, 11) is 0. The maximum Gasteiger partial charge on any atom is 0.262 e. The first-order chi connectivity index (χ1) is 14.7. The summed E-state index contributed by atoms with van der Waals surface area (Å²) in [6.45, 7) is 2.51. The van der Waals surface area contributed by atoms with Gasteiger partial charge in [0.15, 0.2) is 6.61 Å². The third-order valence-corrected chi connectivity index (χ3v) is 4.85. The summed E-state index contributed by atoms with van der Waals surface area (Å²) < 4.78 is 10.9. The summed E-state index contributed by atoms with van der Waals surface area (Å²) >= 11 is 0. The lowest BCUT2D eigenvalue weighted by Gasteiger charge is -2.38. The molecule has 1 aliphatic rings. The van der Waals surface area contributed by atoms with E-state index in [4.69, 9.17) is 14.7 Å². The molecule has 0 spiro atoms. The zero-order chi connectivity index (χ0) is 20.9. The third kappa shape index (κ3) is 3.78. The fourth-order valence-corrected chi connectivity index (χ4v) is 3.48. The van der Waals surface area contributed by atoms with E-state index in [0.29, 0.717) is 17.9 Å². The lowest BCUT2D eigenvalue weighted by atomic mass is 10.0. The number of hydrogen-bond donors (Lipinski definition) is 1. The van der Waals surface area contributed by atoms with E-state index in [1.54, 1.807) is 17.0 Å². The van der Waals surface area contributed by atoms with Crippen molar-refractivity contribution in [1.29, 1.82) is 5.26 Å². The number of para-hydroxylation sites is 1. The van der Waals surface area contributed by atoms with Crippen LogP contribution in [-0.4, -0.2) is 19.1 Å². The Balaban J connectivity index is 1.72. The maximum atomic E-state index is 13.4. The number of fused-ring (bicyclic) bond motifs is 1. The van der Waals surface area contributed by atoms with Crippen molar-refractivity contribution in [1.82, 2.24) is 0 Å². The van der Waals surface area contributed by atoms with E-state index >= 15 is 0 Å². The van der Waals surface area contributed by atoms with Crippen LogP contribution in [0.4, 0.5) is 11.4 Å². The number of nitrogens with zero attached hydrogens (tertiary/aromatic N) is 2. The standard InChI is InChI=1S/C24H21N3O3/c1-2-29-19-13-9-18(10-14-19)27-23(17-7-11-20(12-8-17)30-16-15-25)26-22-6-4-3-5-21(22)24(27)28/h3-14,23,26H,2,16H2,1H3/t23-/m1/s1. The molecule has 1 aliphatic heterocycles. The van der Waals surface area contributed by atoms with Gasteiger partial charge in [-0.1, -0.05) is 24.3 Å². The molecular formula is C24H21N3O3. The second-order valence-electron chi connectivity index (χ2n) is 6.71. The number of carbonyl (C=O) groups excluding carboxylic acids is 1. The maximum absolute atomic E-state index is 13.4. The Morgan fingerprint density at radius 3 is 2.33 bits per heavy atom. The molecule has 150 valence electrons. The van der Waals surface area contributed by atoms with Gasteiger partial charge in [0.1, 0.15) is 23.7 Å². The molecule has 0 saturated heterocycles. The van der Waals surface area contributed by atoms with E-state index in [1.807, 2.05) is 73.7 Å². The van der Waals surface area contributed by atoms with Crippen molar-refractivity contribution in [2.45, 2.75) is 13.1 Å². The zero-order valence-electron chi connectivity index (χ0n) is 16.5. The van der Waals surface area contributed by atoms with Crippen LogP contribution >= 0.6 is 0 Å². The Kier molecular flexibility index (Phi) is 5.53. The second-order valence-corrected chi connectivity index (χ2v) is 6.71. The molecule has 4 rings (SSSR count). The molecule has 3 aromatic carbocycles. The Morgan fingerprint density at radius 1 is 0.967 bits per heavy atom.